The molecule has 35 heavy (non-hydrogen) atoms. The molecule has 0 radical (unpaired) electrons. The number of aromatic nitrogens is 2. The Balaban J connectivity index is 1.46. The average Bonchev–Trinajstić information content (AvgIpc) is 3.29. The van der Waals surface area contributed by atoms with E-state index in [4.69, 9.17) is 21.1 Å². The number of amides is 1. The number of nitrogens with one attached hydrogen (secondary N) is 1. The van der Waals surface area contributed by atoms with Crippen molar-refractivity contribution in [3.63, 3.8) is 0 Å². The van der Waals surface area contributed by atoms with Gasteiger partial charge < -0.3 is 14.8 Å². The Labute approximate surface area is 203 Å². The average molecular weight is 497 g/mol. The third-order valence-corrected chi connectivity index (χ3v) is 5.00. The summed E-state index contributed by atoms with van der Waals surface area (Å²) in [6.45, 7) is 1.84. The number of carbonyl (C=O) groups is 1. The quantitative estimate of drug-likeness (QED) is 0.238. The highest BCUT2D eigenvalue weighted by atomic mass is 35.5. The summed E-state index contributed by atoms with van der Waals surface area (Å²) in [5, 5.41) is 18.0. The lowest BCUT2D eigenvalue weighted by molar-refractivity contribution is -0.384. The van der Waals surface area contributed by atoms with Crippen molar-refractivity contribution >= 4 is 28.9 Å². The van der Waals surface area contributed by atoms with E-state index in [0.29, 0.717) is 11.5 Å². The lowest BCUT2D eigenvalue weighted by Gasteiger charge is -2.09. The maximum atomic E-state index is 13.3. The molecule has 11 heteroatoms. The summed E-state index contributed by atoms with van der Waals surface area (Å²) in [6.07, 6.45) is 1.51. The highest BCUT2D eigenvalue weighted by molar-refractivity contribution is 6.30. The summed E-state index contributed by atoms with van der Waals surface area (Å²) >= 11 is 5.73. The van der Waals surface area contributed by atoms with E-state index in [2.05, 4.69) is 10.4 Å². The number of halogens is 2. The van der Waals surface area contributed by atoms with Gasteiger partial charge >= 0.3 is 0 Å². The van der Waals surface area contributed by atoms with Gasteiger partial charge in [0.05, 0.1) is 21.7 Å². The maximum absolute atomic E-state index is 13.3. The summed E-state index contributed by atoms with van der Waals surface area (Å²) < 4.78 is 25.8. The van der Waals surface area contributed by atoms with Crippen molar-refractivity contribution in [3.05, 3.63) is 105 Å². The molecule has 1 amide bonds. The number of hydrogen-bond donors (Lipinski definition) is 1. The monoisotopic (exact) mass is 496 g/mol. The molecule has 3 aromatic carbocycles. The number of anilines is 1. The van der Waals surface area contributed by atoms with Crippen LogP contribution in [-0.4, -0.2) is 20.6 Å². The second kappa shape index (κ2) is 10.2. The molecule has 0 bridgehead atoms. The minimum Gasteiger partial charge on any atom is -0.471 e. The van der Waals surface area contributed by atoms with E-state index >= 15 is 0 Å². The SMILES string of the molecule is Cc1cccc(Oc2cc(NC(=O)c3ccn(COc4ccc(F)c(Cl)c4)n3)cc([N+](=O)[O-])c2)c1. The molecule has 4 aromatic rings. The first kappa shape index (κ1) is 23.7. The predicted octanol–water partition coefficient (Wildman–Crippen LogP) is 5.97. The summed E-state index contributed by atoms with van der Waals surface area (Å²) in [6, 6.07) is 16.5. The lowest BCUT2D eigenvalue weighted by atomic mass is 10.2. The Kier molecular flexibility index (Phi) is 6.93. The van der Waals surface area contributed by atoms with Crippen LogP contribution < -0.4 is 14.8 Å². The van der Waals surface area contributed by atoms with Gasteiger partial charge in [0.25, 0.3) is 11.6 Å². The molecule has 4 rings (SSSR count). The number of hydrogen-bond acceptors (Lipinski definition) is 6. The van der Waals surface area contributed by atoms with Crippen LogP contribution in [0.25, 0.3) is 0 Å². The molecule has 0 aliphatic rings. The van der Waals surface area contributed by atoms with E-state index in [0.717, 1.165) is 5.56 Å². The number of ether oxygens (including phenoxy) is 2. The molecular weight excluding hydrogens is 479 g/mol. The normalized spacial score (nSPS) is 10.6. The van der Waals surface area contributed by atoms with Crippen molar-refractivity contribution in [2.45, 2.75) is 13.7 Å². The molecule has 178 valence electrons. The Morgan fingerprint density at radius 1 is 1.11 bits per heavy atom. The molecule has 0 fully saturated rings. The van der Waals surface area contributed by atoms with Gasteiger partial charge in [0.1, 0.15) is 23.1 Å². The molecule has 9 nitrogen and oxygen atoms in total. The van der Waals surface area contributed by atoms with Gasteiger partial charge in [0, 0.05) is 24.4 Å². The molecule has 0 aliphatic heterocycles. The Morgan fingerprint density at radius 3 is 2.69 bits per heavy atom. The van der Waals surface area contributed by atoms with Crippen molar-refractivity contribution < 1.29 is 23.6 Å². The largest absolute Gasteiger partial charge is 0.471 e. The highest BCUT2D eigenvalue weighted by Gasteiger charge is 2.16. The van der Waals surface area contributed by atoms with Gasteiger partial charge in [0.15, 0.2) is 12.4 Å². The van der Waals surface area contributed by atoms with E-state index in [1.807, 2.05) is 13.0 Å². The number of rotatable bonds is 8. The zero-order valence-corrected chi connectivity index (χ0v) is 19.0. The van der Waals surface area contributed by atoms with Crippen LogP contribution in [0.5, 0.6) is 17.2 Å². The van der Waals surface area contributed by atoms with Crippen molar-refractivity contribution in [1.29, 1.82) is 0 Å². The fourth-order valence-corrected chi connectivity index (χ4v) is 3.26. The van der Waals surface area contributed by atoms with Gasteiger partial charge in [-0.3, -0.25) is 14.9 Å². The third-order valence-electron chi connectivity index (χ3n) is 4.71. The number of non-ortho nitro benzene ring substituents is 1. The fraction of sp³-hybridized carbons (Fsp3) is 0.0833. The molecule has 1 aromatic heterocycles. The summed E-state index contributed by atoms with van der Waals surface area (Å²) in [5.74, 6) is -0.127. The lowest BCUT2D eigenvalue weighted by Crippen LogP contribution is -2.14. The smallest absolute Gasteiger partial charge is 0.276 e. The molecule has 0 saturated heterocycles. The van der Waals surface area contributed by atoms with Crippen molar-refractivity contribution in [2.75, 3.05) is 5.32 Å². The zero-order valence-electron chi connectivity index (χ0n) is 18.3. The molecular formula is C24H18ClFN4O5. The van der Waals surface area contributed by atoms with Crippen LogP contribution >= 0.6 is 11.6 Å². The molecule has 0 atom stereocenters. The Bertz CT molecular complexity index is 1410. The second-order valence-electron chi connectivity index (χ2n) is 7.44. The van der Waals surface area contributed by atoms with E-state index in [-0.39, 0.29) is 34.6 Å². The standard InChI is InChI=1S/C24H18ClFN4O5/c1-15-3-2-4-19(9-15)35-20-11-16(10-17(12-20)30(32)33)27-24(31)23-7-8-29(28-23)14-34-18-5-6-22(26)21(25)13-18/h2-13H,14H2,1H3,(H,27,31). The van der Waals surface area contributed by atoms with Gasteiger partial charge in [-0.15, -0.1) is 0 Å². The van der Waals surface area contributed by atoms with Gasteiger partial charge in [-0.25, -0.2) is 9.07 Å². The van der Waals surface area contributed by atoms with Gasteiger partial charge in [-0.1, -0.05) is 23.7 Å². The predicted molar refractivity (Wildman–Crippen MR) is 127 cm³/mol. The van der Waals surface area contributed by atoms with E-state index in [9.17, 15) is 19.3 Å². The first-order valence-corrected chi connectivity index (χ1v) is 10.6. The molecule has 1 N–H and O–H groups in total. The van der Waals surface area contributed by atoms with Crippen molar-refractivity contribution in [1.82, 2.24) is 9.78 Å². The van der Waals surface area contributed by atoms with Crippen molar-refractivity contribution in [2.24, 2.45) is 0 Å². The maximum Gasteiger partial charge on any atom is 0.276 e. The number of nitro groups is 1. The van der Waals surface area contributed by atoms with Crippen LogP contribution in [0.3, 0.4) is 0 Å². The van der Waals surface area contributed by atoms with Crippen molar-refractivity contribution in [3.8, 4) is 17.2 Å². The number of nitrogens with zero attached hydrogens (tertiary/aromatic N) is 3. The van der Waals surface area contributed by atoms with Crippen LogP contribution in [0.1, 0.15) is 16.1 Å². The molecule has 1 heterocycles. The first-order chi connectivity index (χ1) is 16.8. The number of aryl methyl sites for hydroxylation is 1. The minimum atomic E-state index is -0.587. The topological polar surface area (TPSA) is 109 Å². The molecule has 0 unspecified atom stereocenters. The van der Waals surface area contributed by atoms with E-state index in [1.165, 1.54) is 53.3 Å². The third kappa shape index (κ3) is 6.12. The van der Waals surface area contributed by atoms with Crippen LogP contribution in [0.2, 0.25) is 5.02 Å². The summed E-state index contributed by atoms with van der Waals surface area (Å²) in [4.78, 5) is 23.5. The number of nitro benzene ring substituents is 1. The molecule has 0 saturated carbocycles. The Morgan fingerprint density at radius 2 is 1.94 bits per heavy atom. The first-order valence-electron chi connectivity index (χ1n) is 10.2. The number of benzene rings is 3. The Hall–Kier alpha value is -4.44. The molecule has 0 aliphatic carbocycles. The van der Waals surface area contributed by atoms with E-state index < -0.39 is 16.6 Å². The fourth-order valence-electron chi connectivity index (χ4n) is 3.09. The van der Waals surface area contributed by atoms with Gasteiger partial charge in [0.2, 0.25) is 0 Å². The van der Waals surface area contributed by atoms with Gasteiger partial charge in [-0.2, -0.15) is 5.10 Å². The van der Waals surface area contributed by atoms with E-state index in [1.54, 1.807) is 18.2 Å². The van der Waals surface area contributed by atoms with Crippen LogP contribution in [0.4, 0.5) is 15.8 Å². The van der Waals surface area contributed by atoms with Crippen LogP contribution in [0.15, 0.2) is 72.9 Å². The second-order valence-corrected chi connectivity index (χ2v) is 7.84. The summed E-state index contributed by atoms with van der Waals surface area (Å²) in [7, 11) is 0. The van der Waals surface area contributed by atoms with Gasteiger partial charge in [-0.05, 0) is 42.8 Å². The zero-order chi connectivity index (χ0) is 24.9. The molecule has 0 spiro atoms. The van der Waals surface area contributed by atoms with Crippen LogP contribution in [0, 0.1) is 22.9 Å². The minimum absolute atomic E-state index is 0.0541. The highest BCUT2D eigenvalue weighted by Crippen LogP contribution is 2.30. The van der Waals surface area contributed by atoms with Crippen LogP contribution in [-0.2, 0) is 6.73 Å². The summed E-state index contributed by atoms with van der Waals surface area (Å²) in [5.41, 5.74) is 0.933. The number of carbonyl (C=O) groups excluding carboxylic acids is 1.